The zero-order valence-electron chi connectivity index (χ0n) is 11.4. The van der Waals surface area contributed by atoms with Gasteiger partial charge >= 0.3 is 5.97 Å². The summed E-state index contributed by atoms with van der Waals surface area (Å²) in [7, 11) is 1.34. The number of pyridine rings is 1. The fourth-order valence-electron chi connectivity index (χ4n) is 1.71. The van der Waals surface area contributed by atoms with Gasteiger partial charge in [0.1, 0.15) is 5.75 Å². The highest BCUT2D eigenvalue weighted by Crippen LogP contribution is 2.25. The van der Waals surface area contributed by atoms with E-state index in [0.29, 0.717) is 17.2 Å². The molecule has 0 saturated carbocycles. The van der Waals surface area contributed by atoms with Crippen molar-refractivity contribution < 1.29 is 14.3 Å². The summed E-state index contributed by atoms with van der Waals surface area (Å²) in [6, 6.07) is 10.7. The molecule has 1 aromatic carbocycles. The van der Waals surface area contributed by atoms with Gasteiger partial charge in [-0.2, -0.15) is 0 Å². The standard InChI is InChI=1S/C16H15NO3/c1-3-6-12-7-4-5-8-14(12)20-15-11-13(9-10-17-15)16(18)19-2/h3-11H,1-2H3/b6-3+. The van der Waals surface area contributed by atoms with Crippen LogP contribution in [0, 0.1) is 0 Å². The van der Waals surface area contributed by atoms with E-state index in [4.69, 9.17) is 4.74 Å². The molecule has 0 bridgehead atoms. The van der Waals surface area contributed by atoms with Crippen molar-refractivity contribution in [2.45, 2.75) is 6.92 Å². The molecule has 20 heavy (non-hydrogen) atoms. The van der Waals surface area contributed by atoms with Crippen molar-refractivity contribution in [1.82, 2.24) is 4.98 Å². The minimum Gasteiger partial charge on any atom is -0.465 e. The first-order valence-corrected chi connectivity index (χ1v) is 6.18. The van der Waals surface area contributed by atoms with Gasteiger partial charge in [-0.1, -0.05) is 30.4 Å². The van der Waals surface area contributed by atoms with Crippen LogP contribution in [-0.4, -0.2) is 18.1 Å². The van der Waals surface area contributed by atoms with Crippen molar-refractivity contribution in [1.29, 1.82) is 0 Å². The van der Waals surface area contributed by atoms with Gasteiger partial charge in [0.05, 0.1) is 12.7 Å². The number of methoxy groups -OCH3 is 1. The van der Waals surface area contributed by atoms with E-state index in [2.05, 4.69) is 9.72 Å². The van der Waals surface area contributed by atoms with Crippen molar-refractivity contribution in [2.75, 3.05) is 7.11 Å². The number of allylic oxidation sites excluding steroid dienone is 1. The molecule has 0 unspecified atom stereocenters. The maximum atomic E-state index is 11.5. The van der Waals surface area contributed by atoms with Crippen LogP contribution in [0.2, 0.25) is 0 Å². The molecule has 0 saturated heterocycles. The van der Waals surface area contributed by atoms with Crippen LogP contribution in [-0.2, 0) is 4.74 Å². The average molecular weight is 269 g/mol. The molecule has 0 aliphatic rings. The lowest BCUT2D eigenvalue weighted by Gasteiger charge is -2.08. The van der Waals surface area contributed by atoms with Crippen molar-refractivity contribution in [3.05, 3.63) is 59.8 Å². The Hall–Kier alpha value is -2.62. The van der Waals surface area contributed by atoms with Gasteiger partial charge in [0.2, 0.25) is 5.88 Å². The zero-order valence-corrected chi connectivity index (χ0v) is 11.4. The molecule has 0 fully saturated rings. The summed E-state index contributed by atoms with van der Waals surface area (Å²) in [5, 5.41) is 0. The van der Waals surface area contributed by atoms with Crippen LogP contribution in [0.25, 0.3) is 6.08 Å². The highest BCUT2D eigenvalue weighted by Gasteiger charge is 2.08. The smallest absolute Gasteiger partial charge is 0.338 e. The summed E-state index contributed by atoms with van der Waals surface area (Å²) < 4.78 is 10.4. The van der Waals surface area contributed by atoms with Gasteiger partial charge in [-0.15, -0.1) is 0 Å². The number of aromatic nitrogens is 1. The van der Waals surface area contributed by atoms with E-state index in [1.807, 2.05) is 43.3 Å². The lowest BCUT2D eigenvalue weighted by molar-refractivity contribution is 0.0600. The SMILES string of the molecule is C/C=C/c1ccccc1Oc1cc(C(=O)OC)ccn1. The van der Waals surface area contributed by atoms with Gasteiger partial charge in [0.25, 0.3) is 0 Å². The fraction of sp³-hybridized carbons (Fsp3) is 0.125. The second kappa shape index (κ2) is 6.52. The summed E-state index contributed by atoms with van der Waals surface area (Å²) in [6.07, 6.45) is 5.39. The number of carbonyl (C=O) groups excluding carboxylic acids is 1. The maximum Gasteiger partial charge on any atom is 0.338 e. The summed E-state index contributed by atoms with van der Waals surface area (Å²) in [4.78, 5) is 15.6. The van der Waals surface area contributed by atoms with E-state index < -0.39 is 5.97 Å². The third kappa shape index (κ3) is 3.23. The number of benzene rings is 1. The molecule has 0 spiro atoms. The largest absolute Gasteiger partial charge is 0.465 e. The third-order valence-electron chi connectivity index (χ3n) is 2.64. The van der Waals surface area contributed by atoms with Crippen LogP contribution >= 0.6 is 0 Å². The Bertz CT molecular complexity index is 635. The Morgan fingerprint density at radius 3 is 2.80 bits per heavy atom. The van der Waals surface area contributed by atoms with Crippen LogP contribution in [0.4, 0.5) is 0 Å². The monoisotopic (exact) mass is 269 g/mol. The van der Waals surface area contributed by atoms with Crippen LogP contribution in [0.1, 0.15) is 22.8 Å². The quantitative estimate of drug-likeness (QED) is 0.794. The molecule has 0 N–H and O–H groups in total. The molecular weight excluding hydrogens is 254 g/mol. The number of para-hydroxylation sites is 1. The number of nitrogens with zero attached hydrogens (tertiary/aromatic N) is 1. The van der Waals surface area contributed by atoms with Crippen molar-refractivity contribution >= 4 is 12.0 Å². The molecule has 0 aliphatic carbocycles. The Balaban J connectivity index is 2.28. The van der Waals surface area contributed by atoms with Gasteiger partial charge in [0, 0.05) is 17.8 Å². The van der Waals surface area contributed by atoms with E-state index in [-0.39, 0.29) is 0 Å². The first-order valence-electron chi connectivity index (χ1n) is 6.18. The first kappa shape index (κ1) is 13.8. The van der Waals surface area contributed by atoms with Crippen LogP contribution < -0.4 is 4.74 Å². The number of hydrogen-bond donors (Lipinski definition) is 0. The van der Waals surface area contributed by atoms with E-state index in [1.165, 1.54) is 13.3 Å². The molecule has 4 nitrogen and oxygen atoms in total. The van der Waals surface area contributed by atoms with Crippen LogP contribution in [0.5, 0.6) is 11.6 Å². The summed E-state index contributed by atoms with van der Waals surface area (Å²) in [6.45, 7) is 1.94. The Kier molecular flexibility index (Phi) is 4.50. The van der Waals surface area contributed by atoms with Gasteiger partial charge < -0.3 is 9.47 Å². The fourth-order valence-corrected chi connectivity index (χ4v) is 1.71. The molecule has 0 aliphatic heterocycles. The molecule has 0 radical (unpaired) electrons. The molecule has 1 aromatic heterocycles. The van der Waals surface area contributed by atoms with E-state index in [9.17, 15) is 4.79 Å². The second-order valence-corrected chi connectivity index (χ2v) is 4.01. The van der Waals surface area contributed by atoms with Gasteiger partial charge in [-0.3, -0.25) is 0 Å². The summed E-state index contributed by atoms with van der Waals surface area (Å²) in [5.74, 6) is 0.615. The van der Waals surface area contributed by atoms with Gasteiger partial charge in [-0.05, 0) is 19.1 Å². The highest BCUT2D eigenvalue weighted by molar-refractivity contribution is 5.89. The van der Waals surface area contributed by atoms with Gasteiger partial charge in [0.15, 0.2) is 0 Å². The van der Waals surface area contributed by atoms with Crippen molar-refractivity contribution in [3.63, 3.8) is 0 Å². The topological polar surface area (TPSA) is 48.4 Å². The van der Waals surface area contributed by atoms with Crippen molar-refractivity contribution in [3.8, 4) is 11.6 Å². The zero-order chi connectivity index (χ0) is 14.4. The average Bonchev–Trinajstić information content (AvgIpc) is 2.49. The minimum atomic E-state index is -0.418. The van der Waals surface area contributed by atoms with E-state index in [0.717, 1.165) is 5.56 Å². The Morgan fingerprint density at radius 1 is 1.25 bits per heavy atom. The molecule has 4 heteroatoms. The maximum absolute atomic E-state index is 11.5. The van der Waals surface area contributed by atoms with Crippen molar-refractivity contribution in [2.24, 2.45) is 0 Å². The first-order chi connectivity index (χ1) is 9.74. The number of hydrogen-bond acceptors (Lipinski definition) is 4. The third-order valence-corrected chi connectivity index (χ3v) is 2.64. The molecule has 0 atom stereocenters. The number of rotatable bonds is 4. The molecule has 0 amide bonds. The molecule has 102 valence electrons. The normalized spacial score (nSPS) is 10.5. The highest BCUT2D eigenvalue weighted by atomic mass is 16.5. The lowest BCUT2D eigenvalue weighted by atomic mass is 10.2. The lowest BCUT2D eigenvalue weighted by Crippen LogP contribution is -2.02. The number of esters is 1. The molecule has 2 aromatic rings. The molecular formula is C16H15NO3. The Labute approximate surface area is 117 Å². The van der Waals surface area contributed by atoms with E-state index >= 15 is 0 Å². The predicted octanol–water partition coefficient (Wildman–Crippen LogP) is 3.69. The second-order valence-electron chi connectivity index (χ2n) is 4.01. The molecule has 2 rings (SSSR count). The number of ether oxygens (including phenoxy) is 2. The minimum absolute atomic E-state index is 0.352. The number of carbonyl (C=O) groups is 1. The van der Waals surface area contributed by atoms with Gasteiger partial charge in [-0.25, -0.2) is 9.78 Å². The Morgan fingerprint density at radius 2 is 2.05 bits per heavy atom. The van der Waals surface area contributed by atoms with Crippen LogP contribution in [0.3, 0.4) is 0 Å². The predicted molar refractivity (Wildman–Crippen MR) is 76.8 cm³/mol. The molecule has 1 heterocycles. The van der Waals surface area contributed by atoms with Crippen LogP contribution in [0.15, 0.2) is 48.7 Å². The summed E-state index contributed by atoms with van der Waals surface area (Å²) in [5.41, 5.74) is 1.35. The summed E-state index contributed by atoms with van der Waals surface area (Å²) >= 11 is 0. The van der Waals surface area contributed by atoms with E-state index in [1.54, 1.807) is 12.1 Å².